The van der Waals surface area contributed by atoms with E-state index in [1.165, 1.54) is 12.0 Å². The Labute approximate surface area is 138 Å². The maximum absolute atomic E-state index is 12.8. The molecule has 2 saturated heterocycles. The molecule has 1 aromatic carbocycles. The third-order valence-corrected chi connectivity index (χ3v) is 5.31. The summed E-state index contributed by atoms with van der Waals surface area (Å²) in [5.74, 6) is 0.618. The summed E-state index contributed by atoms with van der Waals surface area (Å²) in [7, 11) is 0. The smallest absolute Gasteiger partial charge is 0.228 e. The lowest BCUT2D eigenvalue weighted by Gasteiger charge is -2.32. The van der Waals surface area contributed by atoms with Gasteiger partial charge < -0.3 is 9.80 Å². The first-order valence-corrected chi connectivity index (χ1v) is 8.62. The highest BCUT2D eigenvalue weighted by Crippen LogP contribution is 2.30. The number of piperidine rings is 1. The normalized spacial score (nSPS) is 25.1. The first kappa shape index (κ1) is 16.0. The fourth-order valence-electron chi connectivity index (χ4n) is 3.78. The van der Waals surface area contributed by atoms with Gasteiger partial charge >= 0.3 is 0 Å². The van der Waals surface area contributed by atoms with Crippen molar-refractivity contribution in [3.05, 3.63) is 29.3 Å². The van der Waals surface area contributed by atoms with Crippen LogP contribution in [-0.4, -0.2) is 36.3 Å². The van der Waals surface area contributed by atoms with Gasteiger partial charge in [-0.1, -0.05) is 19.1 Å². The summed E-state index contributed by atoms with van der Waals surface area (Å²) < 4.78 is 0. The maximum Gasteiger partial charge on any atom is 0.228 e. The Bertz CT molecular complexity index is 626. The summed E-state index contributed by atoms with van der Waals surface area (Å²) >= 11 is 0. The second kappa shape index (κ2) is 6.34. The van der Waals surface area contributed by atoms with Gasteiger partial charge in [0, 0.05) is 31.7 Å². The standard InChI is InChI=1S/C19H26N2O2/c1-13-6-5-9-20(11-13)19(23)16-10-18(22)21(12-16)17-8-4-7-14(2)15(17)3/h4,7-8,13,16H,5-6,9-12H2,1-3H3. The van der Waals surface area contributed by atoms with Gasteiger partial charge in [0.15, 0.2) is 0 Å². The van der Waals surface area contributed by atoms with Crippen molar-refractivity contribution in [2.24, 2.45) is 11.8 Å². The summed E-state index contributed by atoms with van der Waals surface area (Å²) in [5.41, 5.74) is 3.26. The van der Waals surface area contributed by atoms with Gasteiger partial charge in [-0.2, -0.15) is 0 Å². The maximum atomic E-state index is 12.8. The average molecular weight is 314 g/mol. The molecule has 0 saturated carbocycles. The van der Waals surface area contributed by atoms with E-state index in [4.69, 9.17) is 0 Å². The minimum Gasteiger partial charge on any atom is -0.342 e. The van der Waals surface area contributed by atoms with Gasteiger partial charge in [-0.3, -0.25) is 9.59 Å². The summed E-state index contributed by atoms with van der Waals surface area (Å²) in [6, 6.07) is 6.01. The molecule has 4 heteroatoms. The minimum atomic E-state index is -0.187. The van der Waals surface area contributed by atoms with Crippen LogP contribution in [0.3, 0.4) is 0 Å². The van der Waals surface area contributed by atoms with E-state index >= 15 is 0 Å². The summed E-state index contributed by atoms with van der Waals surface area (Å²) in [4.78, 5) is 29.0. The molecule has 2 aliphatic rings. The number of amides is 2. The van der Waals surface area contributed by atoms with E-state index in [0.29, 0.717) is 18.9 Å². The second-order valence-corrected chi connectivity index (χ2v) is 7.16. The fourth-order valence-corrected chi connectivity index (χ4v) is 3.78. The Morgan fingerprint density at radius 3 is 2.74 bits per heavy atom. The topological polar surface area (TPSA) is 40.6 Å². The van der Waals surface area contributed by atoms with E-state index in [1.54, 1.807) is 4.90 Å². The molecule has 2 heterocycles. The molecule has 124 valence electrons. The zero-order chi connectivity index (χ0) is 16.6. The van der Waals surface area contributed by atoms with E-state index in [1.807, 2.05) is 24.0 Å². The third kappa shape index (κ3) is 3.12. The van der Waals surface area contributed by atoms with Crippen molar-refractivity contribution in [1.82, 2.24) is 4.90 Å². The molecule has 2 amide bonds. The zero-order valence-electron chi connectivity index (χ0n) is 14.3. The molecule has 0 N–H and O–H groups in total. The minimum absolute atomic E-state index is 0.0714. The molecule has 23 heavy (non-hydrogen) atoms. The highest BCUT2D eigenvalue weighted by atomic mass is 16.2. The van der Waals surface area contributed by atoms with E-state index < -0.39 is 0 Å². The number of rotatable bonds is 2. The lowest BCUT2D eigenvalue weighted by molar-refractivity contribution is -0.137. The number of hydrogen-bond donors (Lipinski definition) is 0. The van der Waals surface area contributed by atoms with Gasteiger partial charge in [-0.15, -0.1) is 0 Å². The van der Waals surface area contributed by atoms with Crippen molar-refractivity contribution < 1.29 is 9.59 Å². The summed E-state index contributed by atoms with van der Waals surface area (Å²) in [5, 5.41) is 0. The summed E-state index contributed by atoms with van der Waals surface area (Å²) in [6.45, 7) is 8.50. The zero-order valence-corrected chi connectivity index (χ0v) is 14.3. The van der Waals surface area contributed by atoms with Crippen LogP contribution in [0.15, 0.2) is 18.2 Å². The Hall–Kier alpha value is -1.84. The molecule has 2 unspecified atom stereocenters. The molecule has 4 nitrogen and oxygen atoms in total. The van der Waals surface area contributed by atoms with Crippen molar-refractivity contribution >= 4 is 17.5 Å². The van der Waals surface area contributed by atoms with Crippen LogP contribution in [0.4, 0.5) is 5.69 Å². The number of anilines is 1. The lowest BCUT2D eigenvalue weighted by Crippen LogP contribution is -2.43. The first-order valence-electron chi connectivity index (χ1n) is 8.62. The number of nitrogens with zero attached hydrogens (tertiary/aromatic N) is 2. The monoisotopic (exact) mass is 314 g/mol. The Morgan fingerprint density at radius 1 is 1.22 bits per heavy atom. The van der Waals surface area contributed by atoms with E-state index in [2.05, 4.69) is 19.9 Å². The highest BCUT2D eigenvalue weighted by Gasteiger charge is 2.38. The van der Waals surface area contributed by atoms with Crippen LogP contribution in [0, 0.1) is 25.7 Å². The molecular weight excluding hydrogens is 288 g/mol. The Morgan fingerprint density at radius 2 is 2.00 bits per heavy atom. The van der Waals surface area contributed by atoms with Crippen molar-refractivity contribution in [3.63, 3.8) is 0 Å². The molecule has 0 radical (unpaired) electrons. The fraction of sp³-hybridized carbons (Fsp3) is 0.579. The molecule has 0 spiro atoms. The van der Waals surface area contributed by atoms with Gasteiger partial charge in [0.1, 0.15) is 0 Å². The molecule has 3 rings (SSSR count). The molecule has 2 atom stereocenters. The van der Waals surface area contributed by atoms with Gasteiger partial charge in [0.25, 0.3) is 0 Å². The molecule has 0 aromatic heterocycles. The number of carbonyl (C=O) groups is 2. The Balaban J connectivity index is 1.74. The first-order chi connectivity index (χ1) is 11.0. The molecular formula is C19H26N2O2. The quantitative estimate of drug-likeness (QED) is 0.842. The van der Waals surface area contributed by atoms with Gasteiger partial charge in [0.2, 0.25) is 11.8 Å². The molecule has 1 aromatic rings. The summed E-state index contributed by atoms with van der Waals surface area (Å²) in [6.07, 6.45) is 2.62. The van der Waals surface area contributed by atoms with Crippen LogP contribution in [-0.2, 0) is 9.59 Å². The molecule has 0 bridgehead atoms. The predicted octanol–water partition coefficient (Wildman–Crippen LogP) is 2.91. The molecule has 2 aliphatic heterocycles. The van der Waals surface area contributed by atoms with Crippen molar-refractivity contribution in [1.29, 1.82) is 0 Å². The largest absolute Gasteiger partial charge is 0.342 e. The van der Waals surface area contributed by atoms with Crippen LogP contribution in [0.2, 0.25) is 0 Å². The van der Waals surface area contributed by atoms with Crippen molar-refractivity contribution in [2.45, 2.75) is 40.0 Å². The number of aryl methyl sites for hydroxylation is 1. The van der Waals surface area contributed by atoms with E-state index in [9.17, 15) is 9.59 Å². The van der Waals surface area contributed by atoms with Crippen LogP contribution >= 0.6 is 0 Å². The Kier molecular flexibility index (Phi) is 4.42. The molecule has 2 fully saturated rings. The van der Waals surface area contributed by atoms with Crippen LogP contribution < -0.4 is 4.90 Å². The average Bonchev–Trinajstić information content (AvgIpc) is 2.91. The highest BCUT2D eigenvalue weighted by molar-refractivity contribution is 6.00. The SMILES string of the molecule is Cc1cccc(N2CC(C(=O)N3CCCC(C)C3)CC2=O)c1C. The number of benzene rings is 1. The van der Waals surface area contributed by atoms with Gasteiger partial charge in [-0.25, -0.2) is 0 Å². The van der Waals surface area contributed by atoms with E-state index in [-0.39, 0.29) is 17.7 Å². The van der Waals surface area contributed by atoms with Crippen molar-refractivity contribution in [3.8, 4) is 0 Å². The van der Waals surface area contributed by atoms with Crippen molar-refractivity contribution in [2.75, 3.05) is 24.5 Å². The molecule has 0 aliphatic carbocycles. The van der Waals surface area contributed by atoms with E-state index in [0.717, 1.165) is 30.8 Å². The second-order valence-electron chi connectivity index (χ2n) is 7.16. The lowest BCUT2D eigenvalue weighted by atomic mass is 9.98. The van der Waals surface area contributed by atoms with Gasteiger partial charge in [0.05, 0.1) is 5.92 Å². The van der Waals surface area contributed by atoms with Crippen LogP contribution in [0.25, 0.3) is 0 Å². The number of carbonyl (C=O) groups excluding carboxylic acids is 2. The predicted molar refractivity (Wildman–Crippen MR) is 91.4 cm³/mol. The number of hydrogen-bond acceptors (Lipinski definition) is 2. The van der Waals surface area contributed by atoms with Crippen LogP contribution in [0.5, 0.6) is 0 Å². The number of likely N-dealkylation sites (tertiary alicyclic amines) is 1. The third-order valence-electron chi connectivity index (χ3n) is 5.31. The van der Waals surface area contributed by atoms with Gasteiger partial charge in [-0.05, 0) is 49.8 Å². The van der Waals surface area contributed by atoms with Crippen LogP contribution in [0.1, 0.15) is 37.3 Å².